The highest BCUT2D eigenvalue weighted by Crippen LogP contribution is 2.24. The molecule has 0 saturated carbocycles. The Morgan fingerprint density at radius 1 is 1.58 bits per heavy atom. The molecule has 0 saturated heterocycles. The Bertz CT molecular complexity index is 275. The minimum atomic E-state index is 0.153. The van der Waals surface area contributed by atoms with Crippen LogP contribution in [0.5, 0.6) is 0 Å². The summed E-state index contributed by atoms with van der Waals surface area (Å²) in [5, 5.41) is 8.90. The topological polar surface area (TPSA) is 46.2 Å². The summed E-state index contributed by atoms with van der Waals surface area (Å²) in [7, 11) is 0. The summed E-state index contributed by atoms with van der Waals surface area (Å²) >= 11 is 3.31. The number of nitrogens with two attached hydrogens (primary N) is 1. The van der Waals surface area contributed by atoms with E-state index in [9.17, 15) is 0 Å². The lowest BCUT2D eigenvalue weighted by atomic mass is 10.0. The summed E-state index contributed by atoms with van der Waals surface area (Å²) in [6.07, 6.45) is 0. The Labute approximate surface area is 80.5 Å². The molecule has 12 heavy (non-hydrogen) atoms. The molecule has 1 rings (SSSR count). The van der Waals surface area contributed by atoms with E-state index in [-0.39, 0.29) is 12.5 Å². The van der Waals surface area contributed by atoms with Gasteiger partial charge in [0, 0.05) is 22.7 Å². The largest absolute Gasteiger partial charge is 0.398 e. The van der Waals surface area contributed by atoms with Crippen LogP contribution in [0.1, 0.15) is 18.4 Å². The average Bonchev–Trinajstić information content (AvgIpc) is 2.08. The molecule has 1 aromatic carbocycles. The molecule has 0 heterocycles. The predicted molar refractivity (Wildman–Crippen MR) is 54.1 cm³/mol. The van der Waals surface area contributed by atoms with Crippen molar-refractivity contribution in [3.8, 4) is 0 Å². The van der Waals surface area contributed by atoms with Crippen LogP contribution in [0.4, 0.5) is 5.69 Å². The van der Waals surface area contributed by atoms with Gasteiger partial charge in [0.15, 0.2) is 0 Å². The maximum atomic E-state index is 8.90. The number of rotatable bonds is 2. The van der Waals surface area contributed by atoms with Crippen LogP contribution in [0.15, 0.2) is 22.7 Å². The van der Waals surface area contributed by atoms with Crippen molar-refractivity contribution in [3.63, 3.8) is 0 Å². The summed E-state index contributed by atoms with van der Waals surface area (Å²) in [5.74, 6) is 0.153. The van der Waals surface area contributed by atoms with E-state index in [0.717, 1.165) is 10.0 Å². The second kappa shape index (κ2) is 3.92. The number of anilines is 1. The van der Waals surface area contributed by atoms with E-state index in [0.29, 0.717) is 5.69 Å². The number of aliphatic hydroxyl groups excluding tert-OH is 1. The molecule has 0 radical (unpaired) electrons. The molecular formula is C9H12BrNO. The Morgan fingerprint density at radius 2 is 2.25 bits per heavy atom. The van der Waals surface area contributed by atoms with Crippen molar-refractivity contribution in [2.45, 2.75) is 12.8 Å². The zero-order chi connectivity index (χ0) is 9.14. The maximum absolute atomic E-state index is 8.90. The van der Waals surface area contributed by atoms with Crippen LogP contribution >= 0.6 is 15.9 Å². The van der Waals surface area contributed by atoms with Crippen LogP contribution < -0.4 is 5.73 Å². The molecule has 0 bridgehead atoms. The third kappa shape index (κ3) is 1.99. The number of halogens is 1. The third-order valence-corrected chi connectivity index (χ3v) is 2.59. The van der Waals surface area contributed by atoms with Gasteiger partial charge < -0.3 is 10.8 Å². The number of nitrogen functional groups attached to an aromatic ring is 1. The van der Waals surface area contributed by atoms with Crippen LogP contribution in [0, 0.1) is 0 Å². The van der Waals surface area contributed by atoms with Crippen molar-refractivity contribution in [1.29, 1.82) is 0 Å². The van der Waals surface area contributed by atoms with Gasteiger partial charge in [0.1, 0.15) is 0 Å². The van der Waals surface area contributed by atoms with Gasteiger partial charge in [-0.25, -0.2) is 0 Å². The van der Waals surface area contributed by atoms with Crippen molar-refractivity contribution < 1.29 is 5.11 Å². The number of hydrogen-bond donors (Lipinski definition) is 2. The van der Waals surface area contributed by atoms with Crippen molar-refractivity contribution in [2.24, 2.45) is 0 Å². The fourth-order valence-electron chi connectivity index (χ4n) is 0.974. The van der Waals surface area contributed by atoms with E-state index in [1.807, 2.05) is 25.1 Å². The highest BCUT2D eigenvalue weighted by Gasteiger charge is 2.04. The maximum Gasteiger partial charge on any atom is 0.0497 e. The average molecular weight is 230 g/mol. The van der Waals surface area contributed by atoms with Gasteiger partial charge >= 0.3 is 0 Å². The number of aliphatic hydroxyl groups is 1. The van der Waals surface area contributed by atoms with Gasteiger partial charge in [-0.2, -0.15) is 0 Å². The van der Waals surface area contributed by atoms with E-state index < -0.39 is 0 Å². The lowest BCUT2D eigenvalue weighted by Crippen LogP contribution is -1.99. The summed E-state index contributed by atoms with van der Waals surface area (Å²) in [5.41, 5.74) is 7.47. The van der Waals surface area contributed by atoms with E-state index in [2.05, 4.69) is 15.9 Å². The van der Waals surface area contributed by atoms with Crippen LogP contribution in [-0.2, 0) is 0 Å². The highest BCUT2D eigenvalue weighted by atomic mass is 79.9. The molecule has 1 aromatic rings. The van der Waals surface area contributed by atoms with Gasteiger partial charge in [0.05, 0.1) is 0 Å². The Kier molecular flexibility index (Phi) is 3.12. The molecule has 66 valence electrons. The zero-order valence-electron chi connectivity index (χ0n) is 6.92. The zero-order valence-corrected chi connectivity index (χ0v) is 8.51. The van der Waals surface area contributed by atoms with Crippen LogP contribution in [0.25, 0.3) is 0 Å². The first-order valence-electron chi connectivity index (χ1n) is 3.81. The molecule has 0 aromatic heterocycles. The van der Waals surface area contributed by atoms with Gasteiger partial charge in [-0.05, 0) is 33.6 Å². The predicted octanol–water partition coefficient (Wildman–Crippen LogP) is 2.13. The monoisotopic (exact) mass is 229 g/mol. The molecular weight excluding hydrogens is 218 g/mol. The summed E-state index contributed by atoms with van der Waals surface area (Å²) < 4.78 is 0.899. The summed E-state index contributed by atoms with van der Waals surface area (Å²) in [6, 6.07) is 5.74. The van der Waals surface area contributed by atoms with Crippen molar-refractivity contribution in [1.82, 2.24) is 0 Å². The van der Waals surface area contributed by atoms with Gasteiger partial charge in [-0.1, -0.05) is 13.0 Å². The van der Waals surface area contributed by atoms with Gasteiger partial charge in [0.2, 0.25) is 0 Å². The Morgan fingerprint density at radius 3 is 2.75 bits per heavy atom. The summed E-state index contributed by atoms with van der Waals surface area (Å²) in [4.78, 5) is 0. The van der Waals surface area contributed by atoms with Crippen LogP contribution in [-0.4, -0.2) is 11.7 Å². The van der Waals surface area contributed by atoms with Gasteiger partial charge in [-0.3, -0.25) is 0 Å². The molecule has 0 aliphatic rings. The number of benzene rings is 1. The molecule has 3 N–H and O–H groups in total. The van der Waals surface area contributed by atoms with Crippen molar-refractivity contribution >= 4 is 21.6 Å². The third-order valence-electron chi connectivity index (χ3n) is 1.86. The number of hydrogen-bond acceptors (Lipinski definition) is 2. The molecule has 0 spiro atoms. The minimum Gasteiger partial charge on any atom is -0.398 e. The molecule has 1 unspecified atom stereocenters. The van der Waals surface area contributed by atoms with Crippen LogP contribution in [0.3, 0.4) is 0 Å². The molecule has 0 aliphatic heterocycles. The van der Waals surface area contributed by atoms with Gasteiger partial charge in [0.25, 0.3) is 0 Å². The lowest BCUT2D eigenvalue weighted by Gasteiger charge is -2.09. The van der Waals surface area contributed by atoms with Crippen LogP contribution in [0.2, 0.25) is 0 Å². The molecule has 1 atom stereocenters. The lowest BCUT2D eigenvalue weighted by molar-refractivity contribution is 0.273. The Hall–Kier alpha value is -0.540. The first-order chi connectivity index (χ1) is 5.65. The molecule has 0 amide bonds. The standard InChI is InChI=1S/C9H12BrNO/c1-6(5-12)7-2-3-8(10)9(11)4-7/h2-4,6,12H,5,11H2,1H3. The van der Waals surface area contributed by atoms with E-state index >= 15 is 0 Å². The van der Waals surface area contributed by atoms with E-state index in [1.54, 1.807) is 0 Å². The smallest absolute Gasteiger partial charge is 0.0497 e. The van der Waals surface area contributed by atoms with E-state index in [1.165, 1.54) is 0 Å². The first-order valence-corrected chi connectivity index (χ1v) is 4.60. The fraction of sp³-hybridized carbons (Fsp3) is 0.333. The second-order valence-electron chi connectivity index (χ2n) is 2.86. The Balaban J connectivity index is 2.96. The van der Waals surface area contributed by atoms with Crippen molar-refractivity contribution in [3.05, 3.63) is 28.2 Å². The normalized spacial score (nSPS) is 12.9. The summed E-state index contributed by atoms with van der Waals surface area (Å²) in [6.45, 7) is 2.11. The minimum absolute atomic E-state index is 0.153. The molecule has 3 heteroatoms. The SMILES string of the molecule is CC(CO)c1ccc(Br)c(N)c1. The fourth-order valence-corrected chi connectivity index (χ4v) is 1.22. The van der Waals surface area contributed by atoms with Gasteiger partial charge in [-0.15, -0.1) is 0 Å². The molecule has 0 fully saturated rings. The molecule has 2 nitrogen and oxygen atoms in total. The quantitative estimate of drug-likeness (QED) is 0.764. The van der Waals surface area contributed by atoms with Crippen molar-refractivity contribution in [2.75, 3.05) is 12.3 Å². The highest BCUT2D eigenvalue weighted by molar-refractivity contribution is 9.10. The first kappa shape index (κ1) is 9.55. The molecule has 0 aliphatic carbocycles. The van der Waals surface area contributed by atoms with E-state index in [4.69, 9.17) is 10.8 Å². The second-order valence-corrected chi connectivity index (χ2v) is 3.72.